The van der Waals surface area contributed by atoms with Crippen LogP contribution in [0.2, 0.25) is 0 Å². The summed E-state index contributed by atoms with van der Waals surface area (Å²) < 4.78 is 46.5. The van der Waals surface area contributed by atoms with Gasteiger partial charge in [-0.05, 0) is 47.0 Å². The van der Waals surface area contributed by atoms with Crippen molar-refractivity contribution in [3.63, 3.8) is 0 Å². The van der Waals surface area contributed by atoms with E-state index in [1.165, 1.54) is 13.8 Å². The van der Waals surface area contributed by atoms with Crippen molar-refractivity contribution in [2.45, 2.75) is 83.8 Å². The van der Waals surface area contributed by atoms with Crippen molar-refractivity contribution < 1.29 is 47.5 Å². The van der Waals surface area contributed by atoms with Crippen molar-refractivity contribution in [3.05, 3.63) is 107 Å². The summed E-state index contributed by atoms with van der Waals surface area (Å²) in [5, 5.41) is 0. The van der Waals surface area contributed by atoms with Gasteiger partial charge < -0.3 is 37.9 Å². The van der Waals surface area contributed by atoms with Crippen LogP contribution < -0.4 is 9.47 Å². The van der Waals surface area contributed by atoms with E-state index in [0.29, 0.717) is 51.6 Å². The van der Waals surface area contributed by atoms with Crippen LogP contribution in [-0.4, -0.2) is 63.8 Å². The molecule has 49 heavy (non-hydrogen) atoms. The Kier molecular flexibility index (Phi) is 15.4. The predicted molar refractivity (Wildman–Crippen MR) is 183 cm³/mol. The number of hydrogen-bond donors (Lipinski definition) is 0. The smallest absolute Gasteiger partial charge is 0.302 e. The van der Waals surface area contributed by atoms with E-state index in [1.54, 1.807) is 14.2 Å². The SMILES string of the molecule is COc1ccc(COCC[C@@H](C[C@H](CC2=C[C@@H](OCc3ccc(OC)cc3)C[C@H](COCc3ccccc3)O2)OC(C)=O)OC(C)=O)cc1. The molecule has 264 valence electrons. The van der Waals surface area contributed by atoms with Gasteiger partial charge in [0.05, 0.1) is 59.1 Å². The van der Waals surface area contributed by atoms with Crippen LogP contribution in [0.1, 0.15) is 56.2 Å². The first-order valence-corrected chi connectivity index (χ1v) is 16.6. The van der Waals surface area contributed by atoms with E-state index in [-0.39, 0.29) is 25.0 Å². The zero-order chi connectivity index (χ0) is 34.8. The van der Waals surface area contributed by atoms with E-state index in [2.05, 4.69) is 0 Å². The Balaban J connectivity index is 1.40. The lowest BCUT2D eigenvalue weighted by Gasteiger charge is -2.32. The first-order valence-electron chi connectivity index (χ1n) is 16.6. The average molecular weight is 677 g/mol. The van der Waals surface area contributed by atoms with E-state index in [4.69, 9.17) is 37.9 Å². The molecule has 1 aliphatic heterocycles. The highest BCUT2D eigenvalue weighted by Crippen LogP contribution is 2.27. The summed E-state index contributed by atoms with van der Waals surface area (Å²) >= 11 is 0. The van der Waals surface area contributed by atoms with E-state index in [0.717, 1.165) is 28.2 Å². The van der Waals surface area contributed by atoms with Crippen molar-refractivity contribution >= 4 is 11.9 Å². The second-order valence-electron chi connectivity index (χ2n) is 11.9. The molecule has 0 saturated heterocycles. The van der Waals surface area contributed by atoms with Crippen molar-refractivity contribution in [1.29, 1.82) is 0 Å². The predicted octanol–water partition coefficient (Wildman–Crippen LogP) is 6.73. The fraction of sp³-hybridized carbons (Fsp3) is 0.436. The number of carbonyl (C=O) groups excluding carboxylic acids is 2. The van der Waals surface area contributed by atoms with E-state index < -0.39 is 24.1 Å². The fourth-order valence-electron chi connectivity index (χ4n) is 5.49. The molecular weight excluding hydrogens is 628 g/mol. The number of esters is 2. The zero-order valence-electron chi connectivity index (χ0n) is 28.8. The highest BCUT2D eigenvalue weighted by molar-refractivity contribution is 5.66. The summed E-state index contributed by atoms with van der Waals surface area (Å²) in [6.07, 6.45) is 1.83. The van der Waals surface area contributed by atoms with Crippen LogP contribution in [0.3, 0.4) is 0 Å². The van der Waals surface area contributed by atoms with Gasteiger partial charge in [0.25, 0.3) is 0 Å². The van der Waals surface area contributed by atoms with Crippen molar-refractivity contribution in [3.8, 4) is 11.5 Å². The fourth-order valence-corrected chi connectivity index (χ4v) is 5.49. The third-order valence-corrected chi connectivity index (χ3v) is 7.86. The van der Waals surface area contributed by atoms with Gasteiger partial charge in [0.1, 0.15) is 29.8 Å². The third-order valence-electron chi connectivity index (χ3n) is 7.86. The molecule has 0 aliphatic carbocycles. The molecule has 0 aromatic heterocycles. The normalized spacial score (nSPS) is 16.9. The Morgan fingerprint density at radius 2 is 1.31 bits per heavy atom. The Morgan fingerprint density at radius 1 is 0.735 bits per heavy atom. The number of hydrogen-bond acceptors (Lipinski definition) is 10. The molecule has 3 aromatic rings. The lowest BCUT2D eigenvalue weighted by atomic mass is 10.0. The molecule has 0 unspecified atom stereocenters. The van der Waals surface area contributed by atoms with Crippen LogP contribution in [0, 0.1) is 0 Å². The summed E-state index contributed by atoms with van der Waals surface area (Å²) in [7, 11) is 3.26. The molecule has 0 amide bonds. The number of methoxy groups -OCH3 is 2. The summed E-state index contributed by atoms with van der Waals surface area (Å²) in [6, 6.07) is 25.3. The van der Waals surface area contributed by atoms with Crippen LogP contribution in [0.5, 0.6) is 11.5 Å². The van der Waals surface area contributed by atoms with E-state index >= 15 is 0 Å². The highest BCUT2D eigenvalue weighted by atomic mass is 16.6. The average Bonchev–Trinajstić information content (AvgIpc) is 3.09. The minimum absolute atomic E-state index is 0.259. The number of carbonyl (C=O) groups is 2. The molecule has 10 heteroatoms. The lowest BCUT2D eigenvalue weighted by molar-refractivity contribution is -0.154. The van der Waals surface area contributed by atoms with Crippen LogP contribution in [0.4, 0.5) is 0 Å². The van der Waals surface area contributed by atoms with Crippen molar-refractivity contribution in [2.75, 3.05) is 27.4 Å². The Hall–Kier alpha value is -4.38. The highest BCUT2D eigenvalue weighted by Gasteiger charge is 2.29. The van der Waals surface area contributed by atoms with Gasteiger partial charge >= 0.3 is 11.9 Å². The summed E-state index contributed by atoms with van der Waals surface area (Å²) in [5.41, 5.74) is 3.08. The van der Waals surface area contributed by atoms with Gasteiger partial charge in [-0.25, -0.2) is 0 Å². The van der Waals surface area contributed by atoms with Gasteiger partial charge in [-0.2, -0.15) is 0 Å². The van der Waals surface area contributed by atoms with Gasteiger partial charge in [-0.1, -0.05) is 54.6 Å². The molecule has 0 radical (unpaired) electrons. The van der Waals surface area contributed by atoms with Crippen LogP contribution in [-0.2, 0) is 57.8 Å². The Labute approximate surface area is 289 Å². The molecule has 1 heterocycles. The molecule has 0 N–H and O–H groups in total. The molecule has 0 saturated carbocycles. The first kappa shape index (κ1) is 37.4. The molecule has 0 spiro atoms. The van der Waals surface area contributed by atoms with Crippen LogP contribution >= 0.6 is 0 Å². The van der Waals surface area contributed by atoms with Gasteiger partial charge in [0.2, 0.25) is 0 Å². The molecule has 10 nitrogen and oxygen atoms in total. The number of benzene rings is 3. The summed E-state index contributed by atoms with van der Waals surface area (Å²) in [4.78, 5) is 24.2. The van der Waals surface area contributed by atoms with Gasteiger partial charge in [0.15, 0.2) is 0 Å². The van der Waals surface area contributed by atoms with Crippen LogP contribution in [0.15, 0.2) is 90.7 Å². The topological polar surface area (TPSA) is 108 Å². The maximum atomic E-state index is 12.2. The van der Waals surface area contributed by atoms with Gasteiger partial charge in [0, 0.05) is 39.5 Å². The standard InChI is InChI=1S/C39H48O10/c1-28(40)47-35(18-19-44-24-31-10-14-33(42-3)15-11-31)20-37(48-29(2)41)23-38-21-36(46-26-32-12-16-34(43-4)17-13-32)22-39(49-38)27-45-25-30-8-6-5-7-9-30/h5-17,21,35-37,39H,18-20,22-27H2,1-4H3/t35-,36+,37+,39+/m0/s1. The second kappa shape index (κ2) is 20.2. The van der Waals surface area contributed by atoms with E-state index in [9.17, 15) is 9.59 Å². The van der Waals surface area contributed by atoms with Gasteiger partial charge in [-0.3, -0.25) is 9.59 Å². The summed E-state index contributed by atoms with van der Waals surface area (Å²) in [6.45, 7) is 4.68. The van der Waals surface area contributed by atoms with Crippen molar-refractivity contribution in [2.24, 2.45) is 0 Å². The minimum Gasteiger partial charge on any atom is -0.497 e. The van der Waals surface area contributed by atoms with Crippen molar-refractivity contribution in [1.82, 2.24) is 0 Å². The molecule has 0 bridgehead atoms. The van der Waals surface area contributed by atoms with Gasteiger partial charge in [-0.15, -0.1) is 0 Å². The second-order valence-corrected chi connectivity index (χ2v) is 11.9. The molecule has 3 aromatic carbocycles. The molecule has 4 atom stereocenters. The Bertz CT molecular complexity index is 1440. The monoisotopic (exact) mass is 676 g/mol. The quantitative estimate of drug-likeness (QED) is 0.0945. The summed E-state index contributed by atoms with van der Waals surface area (Å²) in [5.74, 6) is 1.32. The number of rotatable bonds is 20. The molecule has 4 rings (SSSR count). The maximum Gasteiger partial charge on any atom is 0.302 e. The maximum absolute atomic E-state index is 12.2. The minimum atomic E-state index is -0.610. The molecular formula is C39H48O10. The van der Waals surface area contributed by atoms with E-state index in [1.807, 2.05) is 84.9 Å². The lowest BCUT2D eigenvalue weighted by Crippen LogP contribution is -2.33. The third kappa shape index (κ3) is 13.9. The molecule has 0 fully saturated rings. The zero-order valence-corrected chi connectivity index (χ0v) is 28.8. The Morgan fingerprint density at radius 3 is 1.92 bits per heavy atom. The van der Waals surface area contributed by atoms with Crippen LogP contribution in [0.25, 0.3) is 0 Å². The first-order chi connectivity index (χ1) is 23.8. The largest absolute Gasteiger partial charge is 0.497 e. The number of ether oxygens (including phenoxy) is 8. The molecule has 1 aliphatic rings.